The Kier molecular flexibility index (Phi) is 5.84. The van der Waals surface area contributed by atoms with Gasteiger partial charge in [-0.3, -0.25) is 14.2 Å². The summed E-state index contributed by atoms with van der Waals surface area (Å²) in [6, 6.07) is 20.6. The van der Waals surface area contributed by atoms with Crippen molar-refractivity contribution < 1.29 is 4.79 Å². The third-order valence-electron chi connectivity index (χ3n) is 6.60. The van der Waals surface area contributed by atoms with Gasteiger partial charge in [0.2, 0.25) is 11.9 Å². The lowest BCUT2D eigenvalue weighted by Crippen LogP contribution is -2.35. The van der Waals surface area contributed by atoms with Crippen molar-refractivity contribution in [3.8, 4) is 5.69 Å². The number of anilines is 1. The van der Waals surface area contributed by atoms with Gasteiger partial charge in [-0.25, -0.2) is 4.98 Å². The molecule has 4 aromatic rings. The molecular weight excluding hydrogens is 426 g/mol. The van der Waals surface area contributed by atoms with Gasteiger partial charge in [-0.15, -0.1) is 0 Å². The van der Waals surface area contributed by atoms with Crippen LogP contribution in [0.3, 0.4) is 0 Å². The lowest BCUT2D eigenvalue weighted by Gasteiger charge is -2.32. The van der Waals surface area contributed by atoms with E-state index >= 15 is 0 Å². The summed E-state index contributed by atoms with van der Waals surface area (Å²) in [6.07, 6.45) is 3.24. The molecule has 0 saturated carbocycles. The normalized spacial score (nSPS) is 14.4. The molecular formula is C27H27N5O2. The molecule has 5 rings (SSSR count). The van der Waals surface area contributed by atoms with E-state index in [4.69, 9.17) is 15.7 Å². The Morgan fingerprint density at radius 2 is 1.68 bits per heavy atom. The van der Waals surface area contributed by atoms with Gasteiger partial charge in [-0.2, -0.15) is 4.98 Å². The number of hydrogen-bond donors (Lipinski definition) is 1. The minimum atomic E-state index is -0.507. The lowest BCUT2D eigenvalue weighted by atomic mass is 9.90. The van der Waals surface area contributed by atoms with E-state index in [9.17, 15) is 9.59 Å². The first-order valence-corrected chi connectivity index (χ1v) is 11.6. The summed E-state index contributed by atoms with van der Waals surface area (Å²) >= 11 is 0. The van der Waals surface area contributed by atoms with Gasteiger partial charge in [-0.05, 0) is 68.0 Å². The number of primary amides is 1. The van der Waals surface area contributed by atoms with Crippen LogP contribution in [0.2, 0.25) is 0 Å². The average Bonchev–Trinajstić information content (AvgIpc) is 2.85. The number of nitrogens with two attached hydrogens (primary N) is 1. The zero-order valence-electron chi connectivity index (χ0n) is 19.1. The van der Waals surface area contributed by atoms with Gasteiger partial charge in [0, 0.05) is 30.1 Å². The lowest BCUT2D eigenvalue weighted by molar-refractivity contribution is 0.100. The summed E-state index contributed by atoms with van der Waals surface area (Å²) in [6.45, 7) is 3.71. The molecule has 2 aromatic carbocycles. The highest BCUT2D eigenvalue weighted by atomic mass is 16.1. The molecule has 0 bridgehead atoms. The van der Waals surface area contributed by atoms with Crippen molar-refractivity contribution in [1.82, 2.24) is 14.5 Å². The van der Waals surface area contributed by atoms with E-state index < -0.39 is 5.91 Å². The van der Waals surface area contributed by atoms with E-state index in [1.54, 1.807) is 34.9 Å². The summed E-state index contributed by atoms with van der Waals surface area (Å²) in [5.74, 6) is 0.784. The van der Waals surface area contributed by atoms with E-state index in [-0.39, 0.29) is 5.56 Å². The predicted octanol–water partition coefficient (Wildman–Crippen LogP) is 3.65. The SMILES string of the molecule is Cc1nc(N2CCC(Cc3ccccc3)CC2)nc2c1ccc(=O)n2-c1ccc(C(N)=O)cc1. The molecule has 7 heteroatoms. The standard InChI is InChI=1S/C27H27N5O2/c1-18-23-11-12-24(33)32(22-9-7-21(8-10-22)25(28)34)26(23)30-27(29-18)31-15-13-20(14-16-31)17-19-5-3-2-4-6-19/h2-12,20H,13-17H2,1H3,(H2,28,34). The molecule has 0 aliphatic carbocycles. The maximum absolute atomic E-state index is 12.9. The van der Waals surface area contributed by atoms with Crippen LogP contribution in [0, 0.1) is 12.8 Å². The molecule has 0 radical (unpaired) electrons. The molecule has 0 spiro atoms. The topological polar surface area (TPSA) is 94.1 Å². The maximum atomic E-state index is 12.9. The summed E-state index contributed by atoms with van der Waals surface area (Å²) in [5, 5.41) is 0.821. The van der Waals surface area contributed by atoms with Crippen LogP contribution in [0.15, 0.2) is 71.5 Å². The van der Waals surface area contributed by atoms with Gasteiger partial charge >= 0.3 is 0 Å². The molecule has 7 nitrogen and oxygen atoms in total. The van der Waals surface area contributed by atoms with Crippen molar-refractivity contribution in [2.75, 3.05) is 18.0 Å². The Bertz CT molecular complexity index is 1390. The van der Waals surface area contributed by atoms with Crippen molar-refractivity contribution in [3.05, 3.63) is 93.9 Å². The quantitative estimate of drug-likeness (QED) is 0.498. The van der Waals surface area contributed by atoms with Crippen molar-refractivity contribution in [1.29, 1.82) is 0 Å². The fourth-order valence-electron chi connectivity index (χ4n) is 4.70. The Balaban J connectivity index is 1.45. The monoisotopic (exact) mass is 453 g/mol. The van der Waals surface area contributed by atoms with Gasteiger partial charge in [0.05, 0.1) is 11.4 Å². The fraction of sp³-hybridized carbons (Fsp3) is 0.259. The number of benzene rings is 2. The number of aryl methyl sites for hydroxylation is 1. The number of nitrogens with zero attached hydrogens (tertiary/aromatic N) is 4. The first-order valence-electron chi connectivity index (χ1n) is 11.6. The highest BCUT2D eigenvalue weighted by Crippen LogP contribution is 2.26. The van der Waals surface area contributed by atoms with Crippen LogP contribution in [0.5, 0.6) is 0 Å². The predicted molar refractivity (Wildman–Crippen MR) is 133 cm³/mol. The number of aromatic nitrogens is 3. The van der Waals surface area contributed by atoms with E-state index in [1.165, 1.54) is 11.6 Å². The van der Waals surface area contributed by atoms with Crippen LogP contribution in [0.25, 0.3) is 16.7 Å². The number of amides is 1. The smallest absolute Gasteiger partial charge is 0.256 e. The van der Waals surface area contributed by atoms with Gasteiger partial charge in [-0.1, -0.05) is 30.3 Å². The van der Waals surface area contributed by atoms with Crippen molar-refractivity contribution in [2.24, 2.45) is 11.7 Å². The first kappa shape index (κ1) is 21.8. The van der Waals surface area contributed by atoms with Gasteiger partial charge < -0.3 is 10.6 Å². The molecule has 1 fully saturated rings. The fourth-order valence-corrected chi connectivity index (χ4v) is 4.70. The van der Waals surface area contributed by atoms with Crippen molar-refractivity contribution in [3.63, 3.8) is 0 Å². The molecule has 2 N–H and O–H groups in total. The molecule has 0 atom stereocenters. The van der Waals surface area contributed by atoms with Crippen LogP contribution < -0.4 is 16.2 Å². The second kappa shape index (κ2) is 9.09. The molecule has 1 saturated heterocycles. The van der Waals surface area contributed by atoms with Crippen LogP contribution in [0.4, 0.5) is 5.95 Å². The third-order valence-corrected chi connectivity index (χ3v) is 6.60. The van der Waals surface area contributed by atoms with E-state index in [0.717, 1.165) is 43.4 Å². The average molecular weight is 454 g/mol. The second-order valence-corrected chi connectivity index (χ2v) is 8.88. The van der Waals surface area contributed by atoms with Gasteiger partial charge in [0.1, 0.15) is 0 Å². The first-order chi connectivity index (χ1) is 16.5. The summed E-state index contributed by atoms with van der Waals surface area (Å²) < 4.78 is 1.57. The number of hydrogen-bond acceptors (Lipinski definition) is 5. The zero-order valence-corrected chi connectivity index (χ0v) is 19.1. The minimum Gasteiger partial charge on any atom is -0.366 e. The van der Waals surface area contributed by atoms with Gasteiger partial charge in [0.25, 0.3) is 5.56 Å². The summed E-state index contributed by atoms with van der Waals surface area (Å²) in [4.78, 5) is 36.1. The number of rotatable bonds is 5. The Hall–Kier alpha value is -4.00. The Morgan fingerprint density at radius 1 is 0.971 bits per heavy atom. The van der Waals surface area contributed by atoms with Crippen LogP contribution in [-0.4, -0.2) is 33.5 Å². The minimum absolute atomic E-state index is 0.190. The van der Waals surface area contributed by atoms with Crippen LogP contribution in [-0.2, 0) is 6.42 Å². The highest BCUT2D eigenvalue weighted by molar-refractivity contribution is 5.93. The number of carbonyl (C=O) groups is 1. The molecule has 0 unspecified atom stereocenters. The van der Waals surface area contributed by atoms with Crippen LogP contribution in [0.1, 0.15) is 34.5 Å². The number of carbonyl (C=O) groups excluding carboxylic acids is 1. The Labute approximate surface area is 197 Å². The van der Waals surface area contributed by atoms with Crippen LogP contribution >= 0.6 is 0 Å². The number of pyridine rings is 1. The van der Waals surface area contributed by atoms with E-state index in [0.29, 0.717) is 28.8 Å². The summed E-state index contributed by atoms with van der Waals surface area (Å²) in [7, 11) is 0. The molecule has 1 amide bonds. The molecule has 172 valence electrons. The molecule has 1 aliphatic rings. The maximum Gasteiger partial charge on any atom is 0.256 e. The Morgan fingerprint density at radius 3 is 2.35 bits per heavy atom. The third kappa shape index (κ3) is 4.29. The largest absolute Gasteiger partial charge is 0.366 e. The number of piperidine rings is 1. The molecule has 34 heavy (non-hydrogen) atoms. The zero-order chi connectivity index (χ0) is 23.7. The molecule has 2 aromatic heterocycles. The summed E-state index contributed by atoms with van der Waals surface area (Å²) in [5.41, 5.74) is 8.97. The second-order valence-electron chi connectivity index (χ2n) is 8.88. The van der Waals surface area contributed by atoms with Crippen molar-refractivity contribution in [2.45, 2.75) is 26.2 Å². The molecule has 3 heterocycles. The van der Waals surface area contributed by atoms with Crippen molar-refractivity contribution >= 4 is 22.9 Å². The molecule has 1 aliphatic heterocycles. The van der Waals surface area contributed by atoms with Gasteiger partial charge in [0.15, 0.2) is 5.65 Å². The highest BCUT2D eigenvalue weighted by Gasteiger charge is 2.23. The van der Waals surface area contributed by atoms with E-state index in [1.807, 2.05) is 6.92 Å². The van der Waals surface area contributed by atoms with E-state index in [2.05, 4.69) is 35.2 Å². The number of fused-ring (bicyclic) bond motifs is 1.